The van der Waals surface area contributed by atoms with Crippen LogP contribution in [-0.2, 0) is 4.79 Å². The van der Waals surface area contributed by atoms with Crippen LogP contribution in [-0.4, -0.2) is 47.8 Å². The largest absolute Gasteiger partial charge is 0.485 e. The van der Waals surface area contributed by atoms with Gasteiger partial charge in [0.1, 0.15) is 6.61 Å². The summed E-state index contributed by atoms with van der Waals surface area (Å²) in [6.45, 7) is 1.29. The first-order chi connectivity index (χ1) is 9.24. The van der Waals surface area contributed by atoms with Crippen LogP contribution in [0.1, 0.15) is 12.8 Å². The number of carbonyl (C=O) groups excluding carboxylic acids is 1. The molecule has 1 saturated heterocycles. The standard InChI is InChI=1S/C14H17NO4/c16-10-4-3-7-15(8-10)14(17)13-9-18-11-5-1-2-6-12(11)19-13/h1-2,5-6,10,13,16H,3-4,7-9H2/t10-,13?/m1/s1. The number of aliphatic hydroxyl groups excluding tert-OH is 1. The van der Waals surface area contributed by atoms with Crippen LogP contribution in [0.5, 0.6) is 11.5 Å². The summed E-state index contributed by atoms with van der Waals surface area (Å²) in [5.74, 6) is 1.17. The van der Waals surface area contributed by atoms with Crippen LogP contribution in [0.4, 0.5) is 0 Å². The van der Waals surface area contributed by atoms with E-state index in [-0.39, 0.29) is 12.5 Å². The first-order valence-corrected chi connectivity index (χ1v) is 6.59. The Morgan fingerprint density at radius 1 is 1.32 bits per heavy atom. The van der Waals surface area contributed by atoms with Gasteiger partial charge in [0.05, 0.1) is 6.10 Å². The molecule has 2 heterocycles. The van der Waals surface area contributed by atoms with Crippen molar-refractivity contribution in [2.75, 3.05) is 19.7 Å². The van der Waals surface area contributed by atoms with E-state index in [0.717, 1.165) is 12.8 Å². The van der Waals surface area contributed by atoms with E-state index in [1.54, 1.807) is 11.0 Å². The molecular weight excluding hydrogens is 246 g/mol. The molecule has 5 heteroatoms. The molecule has 2 aliphatic rings. The molecule has 0 aliphatic carbocycles. The number of hydrogen-bond donors (Lipinski definition) is 1. The Bertz CT molecular complexity index is 476. The van der Waals surface area contributed by atoms with Gasteiger partial charge < -0.3 is 19.5 Å². The number of hydrogen-bond acceptors (Lipinski definition) is 4. The van der Waals surface area contributed by atoms with Crippen LogP contribution in [0.25, 0.3) is 0 Å². The molecule has 0 aromatic heterocycles. The van der Waals surface area contributed by atoms with Crippen molar-refractivity contribution in [1.29, 1.82) is 0 Å². The highest BCUT2D eigenvalue weighted by Gasteiger charge is 2.33. The fraction of sp³-hybridized carbons (Fsp3) is 0.500. The molecular formula is C14H17NO4. The number of rotatable bonds is 1. The van der Waals surface area contributed by atoms with Crippen molar-refractivity contribution in [3.63, 3.8) is 0 Å². The number of likely N-dealkylation sites (tertiary alicyclic amines) is 1. The van der Waals surface area contributed by atoms with E-state index in [1.807, 2.05) is 18.2 Å². The molecule has 0 radical (unpaired) electrons. The minimum Gasteiger partial charge on any atom is -0.485 e. The average Bonchev–Trinajstić information content (AvgIpc) is 2.46. The maximum atomic E-state index is 12.3. The molecule has 1 aromatic carbocycles. The molecule has 0 saturated carbocycles. The molecule has 5 nitrogen and oxygen atoms in total. The van der Waals surface area contributed by atoms with E-state index in [0.29, 0.717) is 24.6 Å². The van der Waals surface area contributed by atoms with Gasteiger partial charge >= 0.3 is 0 Å². The number of carbonyl (C=O) groups is 1. The fourth-order valence-corrected chi connectivity index (χ4v) is 2.50. The zero-order valence-corrected chi connectivity index (χ0v) is 10.6. The monoisotopic (exact) mass is 263 g/mol. The highest BCUT2D eigenvalue weighted by Crippen LogP contribution is 2.31. The van der Waals surface area contributed by atoms with Gasteiger partial charge in [-0.3, -0.25) is 4.79 Å². The van der Waals surface area contributed by atoms with Crippen LogP contribution >= 0.6 is 0 Å². The summed E-state index contributed by atoms with van der Waals surface area (Å²) in [5.41, 5.74) is 0. The first-order valence-electron chi connectivity index (χ1n) is 6.59. The lowest BCUT2D eigenvalue weighted by Crippen LogP contribution is -2.50. The maximum absolute atomic E-state index is 12.3. The highest BCUT2D eigenvalue weighted by molar-refractivity contribution is 5.82. The van der Waals surface area contributed by atoms with Gasteiger partial charge in [0.25, 0.3) is 5.91 Å². The van der Waals surface area contributed by atoms with E-state index in [2.05, 4.69) is 0 Å². The number of piperidine rings is 1. The molecule has 3 rings (SSSR count). The van der Waals surface area contributed by atoms with Crippen LogP contribution in [0.15, 0.2) is 24.3 Å². The lowest BCUT2D eigenvalue weighted by atomic mass is 10.1. The zero-order valence-electron chi connectivity index (χ0n) is 10.6. The number of amides is 1. The summed E-state index contributed by atoms with van der Waals surface area (Å²) in [6.07, 6.45) is 0.556. The molecule has 19 heavy (non-hydrogen) atoms. The Balaban J connectivity index is 1.69. The zero-order chi connectivity index (χ0) is 13.2. The molecule has 1 unspecified atom stereocenters. The molecule has 1 amide bonds. The van der Waals surface area contributed by atoms with Crippen molar-refractivity contribution < 1.29 is 19.4 Å². The third-order valence-corrected chi connectivity index (χ3v) is 3.49. The Kier molecular flexibility index (Phi) is 3.29. The third-order valence-electron chi connectivity index (χ3n) is 3.49. The van der Waals surface area contributed by atoms with Gasteiger partial charge in [0, 0.05) is 13.1 Å². The van der Waals surface area contributed by atoms with Gasteiger partial charge in [-0.1, -0.05) is 12.1 Å². The van der Waals surface area contributed by atoms with Crippen LogP contribution in [0, 0.1) is 0 Å². The quantitative estimate of drug-likeness (QED) is 0.814. The van der Waals surface area contributed by atoms with Crippen LogP contribution in [0.2, 0.25) is 0 Å². The topological polar surface area (TPSA) is 59.0 Å². The lowest BCUT2D eigenvalue weighted by molar-refractivity contribution is -0.144. The maximum Gasteiger partial charge on any atom is 0.267 e. The van der Waals surface area contributed by atoms with E-state index < -0.39 is 12.2 Å². The highest BCUT2D eigenvalue weighted by atomic mass is 16.6. The van der Waals surface area contributed by atoms with Crippen molar-refractivity contribution in [3.05, 3.63) is 24.3 Å². The Morgan fingerprint density at radius 3 is 2.89 bits per heavy atom. The average molecular weight is 263 g/mol. The van der Waals surface area contributed by atoms with Crippen molar-refractivity contribution in [2.45, 2.75) is 25.0 Å². The molecule has 0 bridgehead atoms. The molecule has 1 aromatic rings. The summed E-state index contributed by atoms with van der Waals surface area (Å²) >= 11 is 0. The van der Waals surface area contributed by atoms with Crippen molar-refractivity contribution in [2.24, 2.45) is 0 Å². The number of ether oxygens (including phenoxy) is 2. The minimum absolute atomic E-state index is 0.103. The van der Waals surface area contributed by atoms with Gasteiger partial charge in [-0.25, -0.2) is 0 Å². The number of nitrogens with zero attached hydrogens (tertiary/aromatic N) is 1. The number of benzene rings is 1. The summed E-state index contributed by atoms with van der Waals surface area (Å²) < 4.78 is 11.2. The van der Waals surface area contributed by atoms with Gasteiger partial charge in [-0.15, -0.1) is 0 Å². The van der Waals surface area contributed by atoms with Crippen LogP contribution in [0.3, 0.4) is 0 Å². The third kappa shape index (κ3) is 2.51. The van der Waals surface area contributed by atoms with Gasteiger partial charge in [-0.2, -0.15) is 0 Å². The lowest BCUT2D eigenvalue weighted by Gasteiger charge is -2.34. The molecule has 102 valence electrons. The number of aliphatic hydroxyl groups is 1. The van der Waals surface area contributed by atoms with Crippen LogP contribution < -0.4 is 9.47 Å². The number of β-amino-alcohol motifs (C(OH)–C–C–N with tert-alkyl or cyclic N) is 1. The summed E-state index contributed by atoms with van der Waals surface area (Å²) in [4.78, 5) is 14.0. The predicted octanol–water partition coefficient (Wildman–Crippen LogP) is 0.810. The van der Waals surface area contributed by atoms with Gasteiger partial charge in [0.2, 0.25) is 6.10 Å². The van der Waals surface area contributed by atoms with Crippen molar-refractivity contribution >= 4 is 5.91 Å². The molecule has 2 atom stereocenters. The molecule has 1 N–H and O–H groups in total. The normalized spacial score (nSPS) is 26.1. The van der Waals surface area contributed by atoms with E-state index in [1.165, 1.54) is 0 Å². The Morgan fingerprint density at radius 2 is 2.11 bits per heavy atom. The molecule has 2 aliphatic heterocycles. The fourth-order valence-electron chi connectivity index (χ4n) is 2.50. The van der Waals surface area contributed by atoms with Crippen molar-refractivity contribution in [1.82, 2.24) is 4.90 Å². The molecule has 0 spiro atoms. The number of para-hydroxylation sites is 2. The smallest absolute Gasteiger partial charge is 0.267 e. The first kappa shape index (κ1) is 12.3. The minimum atomic E-state index is -0.611. The van der Waals surface area contributed by atoms with E-state index in [9.17, 15) is 9.90 Å². The second kappa shape index (κ2) is 5.09. The van der Waals surface area contributed by atoms with Crippen molar-refractivity contribution in [3.8, 4) is 11.5 Å². The second-order valence-corrected chi connectivity index (χ2v) is 4.94. The van der Waals surface area contributed by atoms with E-state index >= 15 is 0 Å². The summed E-state index contributed by atoms with van der Waals surface area (Å²) in [6, 6.07) is 7.32. The summed E-state index contributed by atoms with van der Waals surface area (Å²) in [5, 5.41) is 9.62. The Hall–Kier alpha value is -1.75. The Labute approximate surface area is 111 Å². The second-order valence-electron chi connectivity index (χ2n) is 4.94. The predicted molar refractivity (Wildman–Crippen MR) is 68.2 cm³/mol. The summed E-state index contributed by atoms with van der Waals surface area (Å²) in [7, 11) is 0. The SMILES string of the molecule is O=C(C1COc2ccccc2O1)N1CCC[C@@H](O)C1. The molecule has 1 fully saturated rings. The number of fused-ring (bicyclic) bond motifs is 1. The van der Waals surface area contributed by atoms with Gasteiger partial charge in [-0.05, 0) is 25.0 Å². The van der Waals surface area contributed by atoms with Gasteiger partial charge in [0.15, 0.2) is 11.5 Å². The van der Waals surface area contributed by atoms with E-state index in [4.69, 9.17) is 9.47 Å².